The molecule has 5 nitrogen and oxygen atoms in total. The first-order valence-corrected chi connectivity index (χ1v) is 6.65. The number of hydrogen-bond donors (Lipinski definition) is 1. The van der Waals surface area contributed by atoms with Crippen LogP contribution in [0.15, 0.2) is 12.4 Å². The van der Waals surface area contributed by atoms with Crippen LogP contribution in [0.1, 0.15) is 44.4 Å². The highest BCUT2D eigenvalue weighted by Gasteiger charge is 2.15. The molecule has 1 atom stereocenters. The first kappa shape index (κ1) is 13.6. The minimum absolute atomic E-state index is 0.0240. The zero-order valence-electron chi connectivity index (χ0n) is 11.2. The lowest BCUT2D eigenvalue weighted by Crippen LogP contribution is -2.20. The number of carbonyl (C=O) groups excluding carboxylic acids is 1. The second-order valence-corrected chi connectivity index (χ2v) is 4.56. The van der Waals surface area contributed by atoms with E-state index in [2.05, 4.69) is 22.3 Å². The lowest BCUT2D eigenvalue weighted by Gasteiger charge is -2.22. The second kappa shape index (κ2) is 6.95. The van der Waals surface area contributed by atoms with E-state index in [-0.39, 0.29) is 12.1 Å². The van der Waals surface area contributed by atoms with Gasteiger partial charge in [0, 0.05) is 32.7 Å². The molecule has 0 aromatic carbocycles. The van der Waals surface area contributed by atoms with Gasteiger partial charge in [-0.25, -0.2) is 4.68 Å². The first-order chi connectivity index (χ1) is 9.25. The number of carbonyl (C=O) groups is 1. The molecule has 1 amide bonds. The van der Waals surface area contributed by atoms with Gasteiger partial charge in [0.2, 0.25) is 5.91 Å². The summed E-state index contributed by atoms with van der Waals surface area (Å²) in [7, 11) is 0. The summed E-state index contributed by atoms with van der Waals surface area (Å²) in [5.41, 5.74) is 0.886. The lowest BCUT2D eigenvalue weighted by atomic mass is 10.2. The number of nitrogens with one attached hydrogen (secondary N) is 1. The molecule has 1 aliphatic heterocycles. The predicted octanol–water partition coefficient (Wildman–Crippen LogP) is 1.46. The minimum atomic E-state index is -0.0240. The van der Waals surface area contributed by atoms with Gasteiger partial charge >= 0.3 is 0 Å². The standard InChI is InChI=1S/C14H19N3O2/c1-12(18)15-8-4-2-6-13-10-16-17(11-13)14-7-3-5-9-19-14/h10-11,14H,3-5,7-9H2,1H3,(H,15,18)/t14-/m0/s1. The zero-order chi connectivity index (χ0) is 13.5. The molecule has 2 rings (SSSR count). The molecule has 0 unspecified atom stereocenters. The molecule has 0 aliphatic carbocycles. The molecule has 2 heterocycles. The van der Waals surface area contributed by atoms with Gasteiger partial charge in [-0.2, -0.15) is 5.10 Å². The van der Waals surface area contributed by atoms with Crippen molar-refractivity contribution in [3.63, 3.8) is 0 Å². The minimum Gasteiger partial charge on any atom is -0.357 e. The zero-order valence-corrected chi connectivity index (χ0v) is 11.2. The molecule has 0 radical (unpaired) electrons. The van der Waals surface area contributed by atoms with E-state index in [4.69, 9.17) is 4.74 Å². The fraction of sp³-hybridized carbons (Fsp3) is 0.571. The molecule has 1 saturated heterocycles. The number of rotatable bonds is 3. The van der Waals surface area contributed by atoms with Crippen molar-refractivity contribution < 1.29 is 9.53 Å². The van der Waals surface area contributed by atoms with Crippen molar-refractivity contribution in [3.05, 3.63) is 18.0 Å². The van der Waals surface area contributed by atoms with E-state index in [9.17, 15) is 4.79 Å². The first-order valence-electron chi connectivity index (χ1n) is 6.65. The molecule has 19 heavy (non-hydrogen) atoms. The highest BCUT2D eigenvalue weighted by atomic mass is 16.5. The molecule has 1 aliphatic rings. The third-order valence-corrected chi connectivity index (χ3v) is 2.91. The van der Waals surface area contributed by atoms with Gasteiger partial charge in [0.1, 0.15) is 6.23 Å². The Morgan fingerprint density at radius 2 is 2.53 bits per heavy atom. The van der Waals surface area contributed by atoms with Crippen molar-refractivity contribution >= 4 is 5.91 Å². The summed E-state index contributed by atoms with van der Waals surface area (Å²) in [6.07, 6.45) is 7.70. The number of nitrogens with zero attached hydrogens (tertiary/aromatic N) is 2. The number of ether oxygens (including phenoxy) is 1. The topological polar surface area (TPSA) is 56.2 Å². The van der Waals surface area contributed by atoms with E-state index >= 15 is 0 Å². The highest BCUT2D eigenvalue weighted by molar-refractivity contribution is 5.72. The second-order valence-electron chi connectivity index (χ2n) is 4.56. The van der Waals surface area contributed by atoms with Gasteiger partial charge in [0.25, 0.3) is 0 Å². The van der Waals surface area contributed by atoms with Crippen LogP contribution in [0.4, 0.5) is 0 Å². The molecule has 1 aromatic heterocycles. The Hall–Kier alpha value is -1.80. The van der Waals surface area contributed by atoms with Gasteiger partial charge < -0.3 is 10.1 Å². The predicted molar refractivity (Wildman–Crippen MR) is 71.2 cm³/mol. The summed E-state index contributed by atoms with van der Waals surface area (Å²) in [6.45, 7) is 2.89. The lowest BCUT2D eigenvalue weighted by molar-refractivity contribution is -0.118. The third kappa shape index (κ3) is 4.42. The average molecular weight is 261 g/mol. The molecular formula is C14H19N3O2. The molecule has 1 fully saturated rings. The molecule has 1 N–H and O–H groups in total. The van der Waals surface area contributed by atoms with Crippen molar-refractivity contribution in [2.45, 2.75) is 38.8 Å². The summed E-state index contributed by atoms with van der Waals surface area (Å²) in [4.78, 5) is 10.7. The normalized spacial score (nSPS) is 18.5. The van der Waals surface area contributed by atoms with Crippen LogP contribution in [0, 0.1) is 11.8 Å². The van der Waals surface area contributed by atoms with Gasteiger partial charge in [-0.15, -0.1) is 0 Å². The van der Waals surface area contributed by atoms with Gasteiger partial charge in [0.15, 0.2) is 0 Å². The summed E-state index contributed by atoms with van der Waals surface area (Å²) >= 11 is 0. The number of aromatic nitrogens is 2. The van der Waals surface area contributed by atoms with Crippen molar-refractivity contribution in [1.29, 1.82) is 0 Å². The Morgan fingerprint density at radius 3 is 3.26 bits per heavy atom. The van der Waals surface area contributed by atoms with E-state index < -0.39 is 0 Å². The van der Waals surface area contributed by atoms with Crippen LogP contribution >= 0.6 is 0 Å². The van der Waals surface area contributed by atoms with Crippen LogP contribution in [0.2, 0.25) is 0 Å². The Labute approximate surface area is 113 Å². The molecule has 102 valence electrons. The third-order valence-electron chi connectivity index (χ3n) is 2.91. The Kier molecular flexibility index (Phi) is 4.99. The van der Waals surface area contributed by atoms with Crippen LogP contribution < -0.4 is 5.32 Å². The fourth-order valence-corrected chi connectivity index (χ4v) is 1.96. The monoisotopic (exact) mass is 261 g/mol. The van der Waals surface area contributed by atoms with E-state index in [1.165, 1.54) is 13.3 Å². The van der Waals surface area contributed by atoms with Crippen molar-refractivity contribution in [3.8, 4) is 11.8 Å². The largest absolute Gasteiger partial charge is 0.357 e. The fourth-order valence-electron chi connectivity index (χ4n) is 1.96. The molecule has 0 bridgehead atoms. The summed E-state index contributed by atoms with van der Waals surface area (Å²) in [6, 6.07) is 0. The Balaban J connectivity index is 1.83. The summed E-state index contributed by atoms with van der Waals surface area (Å²) in [5.74, 6) is 6.03. The average Bonchev–Trinajstić information content (AvgIpc) is 2.88. The van der Waals surface area contributed by atoms with Gasteiger partial charge in [-0.3, -0.25) is 4.79 Å². The molecule has 0 spiro atoms. The van der Waals surface area contributed by atoms with E-state index in [0.29, 0.717) is 13.0 Å². The number of hydrogen-bond acceptors (Lipinski definition) is 3. The van der Waals surface area contributed by atoms with Crippen molar-refractivity contribution in [2.75, 3.05) is 13.2 Å². The van der Waals surface area contributed by atoms with Gasteiger partial charge in [0.05, 0.1) is 11.8 Å². The van der Waals surface area contributed by atoms with Crippen LogP contribution in [-0.2, 0) is 9.53 Å². The molecule has 1 aromatic rings. The van der Waals surface area contributed by atoms with Crippen LogP contribution in [0.25, 0.3) is 0 Å². The molecule has 0 saturated carbocycles. The van der Waals surface area contributed by atoms with Gasteiger partial charge in [-0.1, -0.05) is 11.8 Å². The van der Waals surface area contributed by atoms with Crippen LogP contribution in [-0.4, -0.2) is 28.8 Å². The smallest absolute Gasteiger partial charge is 0.216 e. The summed E-state index contributed by atoms with van der Waals surface area (Å²) in [5, 5.41) is 6.99. The SMILES string of the molecule is CC(=O)NCCC#Cc1cnn([C@@H]2CCCCO2)c1. The molecular weight excluding hydrogens is 242 g/mol. The Bertz CT molecular complexity index is 478. The maximum atomic E-state index is 10.7. The van der Waals surface area contributed by atoms with Crippen LogP contribution in [0.5, 0.6) is 0 Å². The molecule has 5 heteroatoms. The van der Waals surface area contributed by atoms with E-state index in [1.807, 2.05) is 10.9 Å². The van der Waals surface area contributed by atoms with E-state index in [1.54, 1.807) is 6.20 Å². The highest BCUT2D eigenvalue weighted by Crippen LogP contribution is 2.21. The van der Waals surface area contributed by atoms with Crippen LogP contribution in [0.3, 0.4) is 0 Å². The number of amides is 1. The van der Waals surface area contributed by atoms with Crippen molar-refractivity contribution in [2.24, 2.45) is 0 Å². The van der Waals surface area contributed by atoms with Crippen molar-refractivity contribution in [1.82, 2.24) is 15.1 Å². The van der Waals surface area contributed by atoms with Gasteiger partial charge in [-0.05, 0) is 19.3 Å². The quantitative estimate of drug-likeness (QED) is 0.662. The maximum Gasteiger partial charge on any atom is 0.216 e. The van der Waals surface area contributed by atoms with E-state index in [0.717, 1.165) is 25.0 Å². The Morgan fingerprint density at radius 1 is 1.63 bits per heavy atom. The maximum absolute atomic E-state index is 10.7. The summed E-state index contributed by atoms with van der Waals surface area (Å²) < 4.78 is 7.50.